The fourth-order valence-electron chi connectivity index (χ4n) is 2.52. The fourth-order valence-corrected chi connectivity index (χ4v) is 2.52. The summed E-state index contributed by atoms with van der Waals surface area (Å²) in [6.07, 6.45) is 3.75. The summed E-state index contributed by atoms with van der Waals surface area (Å²) in [4.78, 5) is 2.35. The maximum absolute atomic E-state index is 8.93. The molecule has 0 amide bonds. The van der Waals surface area contributed by atoms with Crippen LogP contribution < -0.4 is 5.32 Å². The molecule has 3 heteroatoms. The Bertz CT molecular complexity index is 205. The highest BCUT2D eigenvalue weighted by Gasteiger charge is 2.32. The van der Waals surface area contributed by atoms with E-state index in [0.29, 0.717) is 12.1 Å². The van der Waals surface area contributed by atoms with Gasteiger partial charge in [-0.2, -0.15) is 0 Å². The van der Waals surface area contributed by atoms with Gasteiger partial charge in [0.2, 0.25) is 0 Å². The lowest BCUT2D eigenvalue weighted by Gasteiger charge is -2.27. The molecule has 2 rings (SSSR count). The Balaban J connectivity index is 2.03. The van der Waals surface area contributed by atoms with E-state index in [-0.39, 0.29) is 6.61 Å². The molecule has 1 heterocycles. The van der Waals surface area contributed by atoms with Crippen LogP contribution in [0, 0.1) is 0 Å². The van der Waals surface area contributed by atoms with Crippen LogP contribution in [0.1, 0.15) is 19.3 Å². The lowest BCUT2D eigenvalue weighted by molar-refractivity contribution is 0.165. The molecule has 74 valence electrons. The van der Waals surface area contributed by atoms with Gasteiger partial charge in [0.15, 0.2) is 0 Å². The maximum atomic E-state index is 8.93. The monoisotopic (exact) mass is 182 g/mol. The lowest BCUT2D eigenvalue weighted by atomic mass is 10.2. The van der Waals surface area contributed by atoms with Gasteiger partial charge in [0.25, 0.3) is 0 Å². The van der Waals surface area contributed by atoms with E-state index in [1.165, 1.54) is 19.3 Å². The topological polar surface area (TPSA) is 35.5 Å². The van der Waals surface area contributed by atoms with Gasteiger partial charge in [-0.25, -0.2) is 0 Å². The highest BCUT2D eigenvalue weighted by Crippen LogP contribution is 2.27. The van der Waals surface area contributed by atoms with Gasteiger partial charge in [-0.3, -0.25) is 4.90 Å². The number of hydrogen-bond donors (Lipinski definition) is 2. The summed E-state index contributed by atoms with van der Waals surface area (Å²) < 4.78 is 0. The third-order valence-electron chi connectivity index (χ3n) is 3.11. The zero-order chi connectivity index (χ0) is 9.26. The highest BCUT2D eigenvalue weighted by atomic mass is 16.3. The van der Waals surface area contributed by atoms with Gasteiger partial charge in [0, 0.05) is 30.9 Å². The molecular formula is C10H18N2O. The molecule has 13 heavy (non-hydrogen) atoms. The average Bonchev–Trinajstić information content (AvgIpc) is 2.45. The third kappa shape index (κ3) is 1.86. The second kappa shape index (κ2) is 3.68. The van der Waals surface area contributed by atoms with Crippen LogP contribution in [0.4, 0.5) is 0 Å². The summed E-state index contributed by atoms with van der Waals surface area (Å²) in [7, 11) is 0. The van der Waals surface area contributed by atoms with Crippen molar-refractivity contribution in [2.45, 2.75) is 31.3 Å². The molecule has 2 N–H and O–H groups in total. The Hall–Kier alpha value is -0.540. The molecule has 2 unspecified atom stereocenters. The van der Waals surface area contributed by atoms with E-state index in [2.05, 4.69) is 16.8 Å². The van der Waals surface area contributed by atoms with E-state index in [9.17, 15) is 0 Å². The summed E-state index contributed by atoms with van der Waals surface area (Å²) >= 11 is 0. The molecule has 2 aliphatic rings. The van der Waals surface area contributed by atoms with Gasteiger partial charge >= 0.3 is 0 Å². The number of fused-ring (bicyclic) bond motifs is 2. The van der Waals surface area contributed by atoms with E-state index in [4.69, 9.17) is 5.11 Å². The van der Waals surface area contributed by atoms with E-state index < -0.39 is 0 Å². The molecule has 1 saturated heterocycles. The number of nitrogens with one attached hydrogen (secondary N) is 1. The Kier molecular flexibility index (Phi) is 2.56. The quantitative estimate of drug-likeness (QED) is 0.645. The largest absolute Gasteiger partial charge is 0.395 e. The van der Waals surface area contributed by atoms with Gasteiger partial charge < -0.3 is 10.4 Å². The number of aliphatic hydroxyl groups excluding tert-OH is 1. The first kappa shape index (κ1) is 9.03. The second-order valence-corrected chi connectivity index (χ2v) is 4.11. The first-order valence-electron chi connectivity index (χ1n) is 5.09. The van der Waals surface area contributed by atoms with Crippen molar-refractivity contribution in [2.24, 2.45) is 0 Å². The lowest BCUT2D eigenvalue weighted by Crippen LogP contribution is -2.37. The summed E-state index contributed by atoms with van der Waals surface area (Å²) in [5, 5.41) is 12.4. The van der Waals surface area contributed by atoms with Crippen molar-refractivity contribution in [2.75, 3.05) is 19.7 Å². The summed E-state index contributed by atoms with van der Waals surface area (Å²) in [5.74, 6) is 0. The summed E-state index contributed by atoms with van der Waals surface area (Å²) in [6.45, 7) is 5.94. The van der Waals surface area contributed by atoms with Crippen LogP contribution in [-0.4, -0.2) is 41.8 Å². The molecule has 0 aromatic heterocycles. The molecule has 2 atom stereocenters. The van der Waals surface area contributed by atoms with Crippen molar-refractivity contribution in [1.29, 1.82) is 0 Å². The fraction of sp³-hybridized carbons (Fsp3) is 0.800. The summed E-state index contributed by atoms with van der Waals surface area (Å²) in [5.41, 5.74) is 1.11. The van der Waals surface area contributed by atoms with Gasteiger partial charge in [-0.05, 0) is 19.3 Å². The van der Waals surface area contributed by atoms with Gasteiger partial charge in [0.1, 0.15) is 0 Å². The molecule has 2 bridgehead atoms. The van der Waals surface area contributed by atoms with Crippen molar-refractivity contribution < 1.29 is 5.11 Å². The van der Waals surface area contributed by atoms with E-state index >= 15 is 0 Å². The van der Waals surface area contributed by atoms with Crippen LogP contribution in [-0.2, 0) is 0 Å². The van der Waals surface area contributed by atoms with Crippen LogP contribution in [0.15, 0.2) is 12.3 Å². The van der Waals surface area contributed by atoms with E-state index in [1.54, 1.807) is 0 Å². The molecule has 2 fully saturated rings. The van der Waals surface area contributed by atoms with Crippen LogP contribution in [0.2, 0.25) is 0 Å². The normalized spacial score (nSPS) is 34.4. The highest BCUT2D eigenvalue weighted by molar-refractivity contribution is 5.05. The SMILES string of the molecule is C=C1CN(CCO)C2CCC(C2)N1. The van der Waals surface area contributed by atoms with E-state index in [1.807, 2.05) is 0 Å². The number of rotatable bonds is 2. The Morgan fingerprint density at radius 1 is 1.54 bits per heavy atom. The van der Waals surface area contributed by atoms with Crippen molar-refractivity contribution in [1.82, 2.24) is 10.2 Å². The van der Waals surface area contributed by atoms with Crippen LogP contribution >= 0.6 is 0 Å². The predicted molar refractivity (Wildman–Crippen MR) is 52.4 cm³/mol. The van der Waals surface area contributed by atoms with E-state index in [0.717, 1.165) is 18.8 Å². The minimum absolute atomic E-state index is 0.258. The van der Waals surface area contributed by atoms with Crippen LogP contribution in [0.25, 0.3) is 0 Å². The molecule has 3 nitrogen and oxygen atoms in total. The molecule has 1 saturated carbocycles. The molecule has 0 aromatic carbocycles. The van der Waals surface area contributed by atoms with Gasteiger partial charge in [-0.15, -0.1) is 0 Å². The zero-order valence-corrected chi connectivity index (χ0v) is 8.00. The minimum atomic E-state index is 0.258. The Labute approximate surface area is 79.4 Å². The first-order valence-corrected chi connectivity index (χ1v) is 5.09. The molecular weight excluding hydrogens is 164 g/mol. The number of hydrogen-bond acceptors (Lipinski definition) is 3. The second-order valence-electron chi connectivity index (χ2n) is 4.11. The van der Waals surface area contributed by atoms with Crippen LogP contribution in [0.5, 0.6) is 0 Å². The van der Waals surface area contributed by atoms with Crippen molar-refractivity contribution in [3.8, 4) is 0 Å². The average molecular weight is 182 g/mol. The first-order chi connectivity index (χ1) is 6.29. The zero-order valence-electron chi connectivity index (χ0n) is 8.00. The molecule has 0 radical (unpaired) electrons. The van der Waals surface area contributed by atoms with Crippen molar-refractivity contribution in [3.63, 3.8) is 0 Å². The van der Waals surface area contributed by atoms with Crippen LogP contribution in [0.3, 0.4) is 0 Å². The predicted octanol–water partition coefficient (Wildman–Crippen LogP) is 0.319. The molecule has 1 aliphatic heterocycles. The minimum Gasteiger partial charge on any atom is -0.395 e. The number of β-amino-alcohol motifs (C(OH)–C–C–N with tert-alkyl or cyclic N) is 1. The summed E-state index contributed by atoms with van der Waals surface area (Å²) in [6, 6.07) is 1.31. The number of nitrogens with zero attached hydrogens (tertiary/aromatic N) is 1. The van der Waals surface area contributed by atoms with Gasteiger partial charge in [0.05, 0.1) is 6.61 Å². The van der Waals surface area contributed by atoms with Crippen molar-refractivity contribution >= 4 is 0 Å². The molecule has 0 aromatic rings. The maximum Gasteiger partial charge on any atom is 0.0558 e. The van der Waals surface area contributed by atoms with Gasteiger partial charge in [-0.1, -0.05) is 6.58 Å². The van der Waals surface area contributed by atoms with Crippen molar-refractivity contribution in [3.05, 3.63) is 12.3 Å². The molecule has 1 aliphatic carbocycles. The third-order valence-corrected chi connectivity index (χ3v) is 3.11. The Morgan fingerprint density at radius 2 is 2.38 bits per heavy atom. The molecule has 0 spiro atoms. The Morgan fingerprint density at radius 3 is 3.15 bits per heavy atom. The standard InChI is InChI=1S/C10H18N2O/c1-8-7-12(4-5-13)10-3-2-9(6-10)11-8/h9-11,13H,1-7H2. The number of aliphatic hydroxyl groups is 1. The smallest absolute Gasteiger partial charge is 0.0558 e.